The van der Waals surface area contributed by atoms with E-state index in [-0.39, 0.29) is 5.91 Å². The van der Waals surface area contributed by atoms with Gasteiger partial charge in [0.2, 0.25) is 15.9 Å². The molecule has 1 amide bonds. The largest absolute Gasteiger partial charge is 0.350 e. The Hall–Kier alpha value is -2.34. The lowest BCUT2D eigenvalue weighted by Gasteiger charge is -2.28. The van der Waals surface area contributed by atoms with Crippen LogP contribution in [0.3, 0.4) is 0 Å². The van der Waals surface area contributed by atoms with Gasteiger partial charge >= 0.3 is 0 Å². The fourth-order valence-corrected chi connectivity index (χ4v) is 3.49. The van der Waals surface area contributed by atoms with Crippen molar-refractivity contribution in [2.75, 3.05) is 10.6 Å². The number of hydrogen-bond donors (Lipinski definition) is 1. The smallest absolute Gasteiger partial charge is 0.243 e. The number of benzene rings is 2. The van der Waals surface area contributed by atoms with Crippen molar-refractivity contribution in [3.63, 3.8) is 0 Å². The molecule has 0 heterocycles. The summed E-state index contributed by atoms with van der Waals surface area (Å²) >= 11 is 0. The molecule has 2 aromatic rings. The normalized spacial score (nSPS) is 12.4. The molecule has 5 nitrogen and oxygen atoms in total. The monoisotopic (exact) mass is 332 g/mol. The van der Waals surface area contributed by atoms with Gasteiger partial charge in [-0.1, -0.05) is 48.5 Å². The fraction of sp³-hybridized carbons (Fsp3) is 0.235. The first-order chi connectivity index (χ1) is 10.9. The summed E-state index contributed by atoms with van der Waals surface area (Å²) in [6, 6.07) is 17.2. The number of amides is 1. The van der Waals surface area contributed by atoms with Gasteiger partial charge < -0.3 is 5.32 Å². The van der Waals surface area contributed by atoms with Gasteiger partial charge in [0.05, 0.1) is 11.9 Å². The molecule has 0 saturated heterocycles. The van der Waals surface area contributed by atoms with E-state index < -0.39 is 16.1 Å². The van der Waals surface area contributed by atoms with Crippen LogP contribution in [-0.4, -0.2) is 26.6 Å². The van der Waals surface area contributed by atoms with Crippen molar-refractivity contribution >= 4 is 21.6 Å². The summed E-state index contributed by atoms with van der Waals surface area (Å²) in [5, 5.41) is 2.78. The Morgan fingerprint density at radius 2 is 1.57 bits per heavy atom. The van der Waals surface area contributed by atoms with Crippen molar-refractivity contribution in [3.8, 4) is 0 Å². The van der Waals surface area contributed by atoms with Crippen LogP contribution in [0.4, 0.5) is 5.69 Å². The van der Waals surface area contributed by atoms with Gasteiger partial charge in [-0.2, -0.15) is 0 Å². The van der Waals surface area contributed by atoms with Crippen molar-refractivity contribution in [2.45, 2.75) is 19.5 Å². The first-order valence-corrected chi connectivity index (χ1v) is 9.10. The minimum Gasteiger partial charge on any atom is -0.350 e. The number of hydrogen-bond acceptors (Lipinski definition) is 3. The van der Waals surface area contributed by atoms with Gasteiger partial charge in [-0.05, 0) is 24.6 Å². The highest BCUT2D eigenvalue weighted by molar-refractivity contribution is 7.92. The van der Waals surface area contributed by atoms with Crippen LogP contribution in [0.15, 0.2) is 60.7 Å². The molecule has 23 heavy (non-hydrogen) atoms. The van der Waals surface area contributed by atoms with Crippen molar-refractivity contribution < 1.29 is 13.2 Å². The molecule has 2 rings (SSSR count). The molecule has 0 aliphatic carbocycles. The maximum Gasteiger partial charge on any atom is 0.243 e. The molecule has 1 N–H and O–H groups in total. The average Bonchev–Trinajstić information content (AvgIpc) is 2.53. The average molecular weight is 332 g/mol. The first kappa shape index (κ1) is 17.0. The summed E-state index contributed by atoms with van der Waals surface area (Å²) < 4.78 is 25.3. The van der Waals surface area contributed by atoms with E-state index in [4.69, 9.17) is 0 Å². The summed E-state index contributed by atoms with van der Waals surface area (Å²) in [6.07, 6.45) is 1.10. The third-order valence-corrected chi connectivity index (χ3v) is 4.65. The molecular formula is C17H20N2O3S. The SMILES string of the molecule is C[C@@H](C(=O)NCc1ccccc1)N(c1ccccc1)S(C)(=O)=O. The van der Waals surface area contributed by atoms with Gasteiger partial charge in [0, 0.05) is 6.54 Å². The summed E-state index contributed by atoms with van der Waals surface area (Å²) in [7, 11) is -3.57. The number of carbonyl (C=O) groups excluding carboxylic acids is 1. The molecule has 6 heteroatoms. The van der Waals surface area contributed by atoms with Gasteiger partial charge in [0.1, 0.15) is 6.04 Å². The highest BCUT2D eigenvalue weighted by Crippen LogP contribution is 2.20. The zero-order valence-electron chi connectivity index (χ0n) is 13.1. The molecule has 0 aromatic heterocycles. The third kappa shape index (κ3) is 4.56. The van der Waals surface area contributed by atoms with Crippen LogP contribution in [-0.2, 0) is 21.4 Å². The van der Waals surface area contributed by atoms with Crippen molar-refractivity contribution in [1.82, 2.24) is 5.32 Å². The second kappa shape index (κ2) is 7.28. The van der Waals surface area contributed by atoms with Gasteiger partial charge in [0.15, 0.2) is 0 Å². The van der Waals surface area contributed by atoms with Crippen molar-refractivity contribution in [1.29, 1.82) is 0 Å². The van der Waals surface area contributed by atoms with E-state index in [1.807, 2.05) is 30.3 Å². The molecule has 2 aromatic carbocycles. The van der Waals surface area contributed by atoms with Gasteiger partial charge in [-0.3, -0.25) is 9.10 Å². The standard InChI is InChI=1S/C17H20N2O3S/c1-14(17(20)18-13-15-9-5-3-6-10-15)19(23(2,21)22)16-11-7-4-8-12-16/h3-12,14H,13H2,1-2H3,(H,18,20)/t14-/m0/s1. The summed E-state index contributed by atoms with van der Waals surface area (Å²) in [6.45, 7) is 1.94. The van der Waals surface area contributed by atoms with E-state index >= 15 is 0 Å². The molecule has 122 valence electrons. The highest BCUT2D eigenvalue weighted by Gasteiger charge is 2.28. The molecular weight excluding hydrogens is 312 g/mol. The Morgan fingerprint density at radius 1 is 1.04 bits per heavy atom. The topological polar surface area (TPSA) is 66.5 Å². The molecule has 0 saturated carbocycles. The van der Waals surface area contributed by atoms with E-state index in [0.29, 0.717) is 12.2 Å². The Morgan fingerprint density at radius 3 is 2.09 bits per heavy atom. The second-order valence-corrected chi connectivity index (χ2v) is 7.13. The van der Waals surface area contributed by atoms with Crippen LogP contribution in [0.25, 0.3) is 0 Å². The number of anilines is 1. The Kier molecular flexibility index (Phi) is 5.39. The number of sulfonamides is 1. The van der Waals surface area contributed by atoms with Gasteiger partial charge in [-0.15, -0.1) is 0 Å². The number of rotatable bonds is 6. The predicted octanol–water partition coefficient (Wildman–Crippen LogP) is 2.16. The van der Waals surface area contributed by atoms with Gasteiger partial charge in [-0.25, -0.2) is 8.42 Å². The third-order valence-electron chi connectivity index (χ3n) is 3.41. The maximum atomic E-state index is 12.4. The molecule has 0 unspecified atom stereocenters. The molecule has 0 aliphatic heterocycles. The van der Waals surface area contributed by atoms with Crippen LogP contribution in [0.5, 0.6) is 0 Å². The molecule has 1 atom stereocenters. The Balaban J connectivity index is 2.14. The van der Waals surface area contributed by atoms with E-state index in [2.05, 4.69) is 5.32 Å². The molecule has 0 radical (unpaired) electrons. The first-order valence-electron chi connectivity index (χ1n) is 7.25. The fourth-order valence-electron chi connectivity index (χ4n) is 2.32. The minimum atomic E-state index is -3.57. The zero-order valence-corrected chi connectivity index (χ0v) is 14.0. The zero-order chi connectivity index (χ0) is 16.9. The van der Waals surface area contributed by atoms with Crippen LogP contribution >= 0.6 is 0 Å². The molecule has 0 bridgehead atoms. The molecule has 0 spiro atoms. The molecule has 0 aliphatic rings. The van der Waals surface area contributed by atoms with E-state index in [0.717, 1.165) is 16.1 Å². The van der Waals surface area contributed by atoms with Crippen LogP contribution in [0.1, 0.15) is 12.5 Å². The van der Waals surface area contributed by atoms with E-state index in [1.54, 1.807) is 37.3 Å². The lowest BCUT2D eigenvalue weighted by Crippen LogP contribution is -2.47. The number of nitrogens with one attached hydrogen (secondary N) is 1. The quantitative estimate of drug-likeness (QED) is 0.881. The Labute approximate surface area is 137 Å². The summed E-state index contributed by atoms with van der Waals surface area (Å²) in [4.78, 5) is 12.4. The summed E-state index contributed by atoms with van der Waals surface area (Å²) in [5.74, 6) is -0.344. The van der Waals surface area contributed by atoms with E-state index in [1.165, 1.54) is 0 Å². The number of nitrogens with zero attached hydrogens (tertiary/aromatic N) is 1. The number of para-hydroxylation sites is 1. The lowest BCUT2D eigenvalue weighted by molar-refractivity contribution is -0.122. The second-order valence-electron chi connectivity index (χ2n) is 5.27. The number of carbonyl (C=O) groups is 1. The summed E-state index contributed by atoms with van der Waals surface area (Å²) in [5.41, 5.74) is 1.43. The van der Waals surface area contributed by atoms with E-state index in [9.17, 15) is 13.2 Å². The Bertz CT molecular complexity index is 746. The maximum absolute atomic E-state index is 12.4. The van der Waals surface area contributed by atoms with Crippen LogP contribution in [0.2, 0.25) is 0 Å². The van der Waals surface area contributed by atoms with Crippen molar-refractivity contribution in [3.05, 3.63) is 66.2 Å². The predicted molar refractivity (Wildman–Crippen MR) is 91.5 cm³/mol. The van der Waals surface area contributed by atoms with Crippen molar-refractivity contribution in [2.24, 2.45) is 0 Å². The van der Waals surface area contributed by atoms with Gasteiger partial charge in [0.25, 0.3) is 0 Å². The molecule has 0 fully saturated rings. The minimum absolute atomic E-state index is 0.344. The highest BCUT2D eigenvalue weighted by atomic mass is 32.2. The lowest BCUT2D eigenvalue weighted by atomic mass is 10.2. The van der Waals surface area contributed by atoms with Crippen LogP contribution < -0.4 is 9.62 Å². The van der Waals surface area contributed by atoms with Crippen LogP contribution in [0, 0.1) is 0 Å².